The van der Waals surface area contributed by atoms with Crippen molar-refractivity contribution in [2.75, 3.05) is 63.1 Å². The van der Waals surface area contributed by atoms with Gasteiger partial charge >= 0.3 is 6.09 Å². The summed E-state index contributed by atoms with van der Waals surface area (Å²) in [4.78, 5) is 26.7. The van der Waals surface area contributed by atoms with E-state index < -0.39 is 0 Å². The molecule has 4 heterocycles. The lowest BCUT2D eigenvalue weighted by molar-refractivity contribution is 0.0363. The van der Waals surface area contributed by atoms with Crippen molar-refractivity contribution in [1.82, 2.24) is 19.8 Å². The van der Waals surface area contributed by atoms with Gasteiger partial charge in [-0.15, -0.1) is 0 Å². The minimum Gasteiger partial charge on any atom is -0.442 e. The molecule has 9 heteroatoms. The van der Waals surface area contributed by atoms with Gasteiger partial charge in [-0.1, -0.05) is 0 Å². The molecule has 1 amide bonds. The third-order valence-electron chi connectivity index (χ3n) is 5.10. The Morgan fingerprint density at radius 3 is 2.84 bits per heavy atom. The fraction of sp³-hybridized carbons (Fsp3) is 0.688. The molecule has 0 aliphatic carbocycles. The predicted octanol–water partition coefficient (Wildman–Crippen LogP) is -0.209. The predicted molar refractivity (Wildman–Crippen MR) is 91.3 cm³/mol. The molecule has 0 spiro atoms. The summed E-state index contributed by atoms with van der Waals surface area (Å²) in [7, 11) is 0. The summed E-state index contributed by atoms with van der Waals surface area (Å²) < 4.78 is 10.9. The number of aromatic nitrogens is 2. The SMILES string of the molecule is Nc1cc(N2C[C@@H]3OC(=O)N(CCCN4CCOCC4)[C@@H]3C2)ncn1. The monoisotopic (exact) mass is 348 g/mol. The molecule has 3 aliphatic heterocycles. The van der Waals surface area contributed by atoms with Crippen LogP contribution in [-0.4, -0.2) is 90.5 Å². The summed E-state index contributed by atoms with van der Waals surface area (Å²) in [5, 5.41) is 0. The van der Waals surface area contributed by atoms with Crippen LogP contribution in [-0.2, 0) is 9.47 Å². The van der Waals surface area contributed by atoms with E-state index in [1.807, 2.05) is 4.90 Å². The van der Waals surface area contributed by atoms with Crippen molar-refractivity contribution >= 4 is 17.7 Å². The first-order valence-electron chi connectivity index (χ1n) is 8.80. The minimum absolute atomic E-state index is 0.0772. The fourth-order valence-corrected chi connectivity index (χ4v) is 3.77. The van der Waals surface area contributed by atoms with Crippen molar-refractivity contribution in [1.29, 1.82) is 0 Å². The molecular formula is C16H24N6O3. The van der Waals surface area contributed by atoms with E-state index in [1.54, 1.807) is 6.07 Å². The Hall–Kier alpha value is -2.13. The number of nitrogens with zero attached hydrogens (tertiary/aromatic N) is 5. The van der Waals surface area contributed by atoms with E-state index in [4.69, 9.17) is 15.2 Å². The molecule has 136 valence electrons. The summed E-state index contributed by atoms with van der Waals surface area (Å²) >= 11 is 0. The van der Waals surface area contributed by atoms with Gasteiger partial charge in [0.25, 0.3) is 0 Å². The van der Waals surface area contributed by atoms with Crippen LogP contribution in [0.4, 0.5) is 16.4 Å². The second kappa shape index (κ2) is 7.01. The molecule has 3 aliphatic rings. The lowest BCUT2D eigenvalue weighted by atomic mass is 10.2. The van der Waals surface area contributed by atoms with Crippen LogP contribution in [0.25, 0.3) is 0 Å². The van der Waals surface area contributed by atoms with Crippen LogP contribution in [0.1, 0.15) is 6.42 Å². The number of ether oxygens (including phenoxy) is 2. The Kier molecular flexibility index (Phi) is 4.58. The van der Waals surface area contributed by atoms with E-state index in [-0.39, 0.29) is 18.2 Å². The molecule has 1 aromatic heterocycles. The minimum atomic E-state index is -0.196. The lowest BCUT2D eigenvalue weighted by Gasteiger charge is -2.28. The molecular weight excluding hydrogens is 324 g/mol. The quantitative estimate of drug-likeness (QED) is 0.781. The molecule has 1 aromatic rings. The topological polar surface area (TPSA) is 97.0 Å². The average molecular weight is 348 g/mol. The number of amides is 1. The van der Waals surface area contributed by atoms with Gasteiger partial charge in [0, 0.05) is 38.8 Å². The summed E-state index contributed by atoms with van der Waals surface area (Å²) in [6.07, 6.45) is 2.11. The summed E-state index contributed by atoms with van der Waals surface area (Å²) in [6, 6.07) is 1.83. The number of rotatable bonds is 5. The van der Waals surface area contributed by atoms with E-state index in [1.165, 1.54) is 6.33 Å². The molecule has 0 bridgehead atoms. The Balaban J connectivity index is 1.33. The van der Waals surface area contributed by atoms with Crippen molar-refractivity contribution < 1.29 is 14.3 Å². The average Bonchev–Trinajstić information content (AvgIpc) is 3.14. The highest BCUT2D eigenvalue weighted by Gasteiger charge is 2.47. The molecule has 3 saturated heterocycles. The second-order valence-electron chi connectivity index (χ2n) is 6.70. The number of morpholine rings is 1. The molecule has 25 heavy (non-hydrogen) atoms. The van der Waals surface area contributed by atoms with Crippen molar-refractivity contribution in [3.63, 3.8) is 0 Å². The maximum Gasteiger partial charge on any atom is 0.410 e. The largest absolute Gasteiger partial charge is 0.442 e. The highest BCUT2D eigenvalue weighted by Crippen LogP contribution is 2.29. The first-order chi connectivity index (χ1) is 12.2. The van der Waals surface area contributed by atoms with Crippen molar-refractivity contribution in [3.05, 3.63) is 12.4 Å². The molecule has 0 radical (unpaired) electrons. The number of hydrogen-bond acceptors (Lipinski definition) is 8. The first kappa shape index (κ1) is 16.3. The smallest absolute Gasteiger partial charge is 0.410 e. The van der Waals surface area contributed by atoms with Crippen molar-refractivity contribution in [2.45, 2.75) is 18.6 Å². The van der Waals surface area contributed by atoms with Gasteiger partial charge in [0.2, 0.25) is 0 Å². The van der Waals surface area contributed by atoms with Crippen LogP contribution in [0.15, 0.2) is 12.4 Å². The zero-order valence-corrected chi connectivity index (χ0v) is 14.2. The van der Waals surface area contributed by atoms with Crippen LogP contribution < -0.4 is 10.6 Å². The van der Waals surface area contributed by atoms with E-state index in [2.05, 4.69) is 19.8 Å². The summed E-state index contributed by atoms with van der Waals surface area (Å²) in [5.41, 5.74) is 5.74. The van der Waals surface area contributed by atoms with E-state index >= 15 is 0 Å². The van der Waals surface area contributed by atoms with Crippen LogP contribution in [0, 0.1) is 0 Å². The van der Waals surface area contributed by atoms with E-state index in [0.717, 1.165) is 51.6 Å². The normalized spacial score (nSPS) is 26.8. The van der Waals surface area contributed by atoms with Crippen LogP contribution in [0.2, 0.25) is 0 Å². The molecule has 0 aromatic carbocycles. The van der Waals surface area contributed by atoms with Gasteiger partial charge in [-0.3, -0.25) is 9.80 Å². The van der Waals surface area contributed by atoms with Gasteiger partial charge < -0.3 is 20.1 Å². The fourth-order valence-electron chi connectivity index (χ4n) is 3.77. The number of hydrogen-bond donors (Lipinski definition) is 1. The molecule has 2 N–H and O–H groups in total. The van der Waals surface area contributed by atoms with Crippen molar-refractivity contribution in [2.24, 2.45) is 0 Å². The number of anilines is 2. The van der Waals surface area contributed by atoms with E-state index in [0.29, 0.717) is 18.9 Å². The molecule has 2 atom stereocenters. The maximum absolute atomic E-state index is 12.2. The number of carbonyl (C=O) groups is 1. The number of nitrogen functional groups attached to an aromatic ring is 1. The number of nitrogens with two attached hydrogens (primary N) is 1. The molecule has 4 rings (SSSR count). The standard InChI is InChI=1S/C16H24N6O3/c17-14-8-15(19-11-18-14)21-9-12-13(10-21)25-16(23)22(12)3-1-2-20-4-6-24-7-5-20/h8,11-13H,1-7,9-10H2,(H2,17,18,19)/t12-,13+/m1/s1. The Bertz CT molecular complexity index is 624. The first-order valence-corrected chi connectivity index (χ1v) is 8.80. The molecule has 3 fully saturated rings. The molecule has 0 unspecified atom stereocenters. The van der Waals surface area contributed by atoms with Crippen LogP contribution in [0.5, 0.6) is 0 Å². The van der Waals surface area contributed by atoms with Gasteiger partial charge in [0.05, 0.1) is 25.8 Å². The number of fused-ring (bicyclic) bond motifs is 1. The Labute approximate surface area is 146 Å². The van der Waals surface area contributed by atoms with Gasteiger partial charge in [-0.2, -0.15) is 0 Å². The third-order valence-corrected chi connectivity index (χ3v) is 5.10. The highest BCUT2D eigenvalue weighted by atomic mass is 16.6. The van der Waals surface area contributed by atoms with Gasteiger partial charge in [0.1, 0.15) is 24.1 Å². The maximum atomic E-state index is 12.2. The number of carbonyl (C=O) groups excluding carboxylic acids is 1. The zero-order chi connectivity index (χ0) is 17.2. The zero-order valence-electron chi connectivity index (χ0n) is 14.2. The van der Waals surface area contributed by atoms with Crippen LogP contribution in [0.3, 0.4) is 0 Å². The molecule has 0 saturated carbocycles. The Morgan fingerprint density at radius 1 is 1.20 bits per heavy atom. The third kappa shape index (κ3) is 3.47. The lowest BCUT2D eigenvalue weighted by Crippen LogP contribution is -2.41. The van der Waals surface area contributed by atoms with E-state index in [9.17, 15) is 4.79 Å². The summed E-state index contributed by atoms with van der Waals surface area (Å²) in [6.45, 7) is 6.60. The molecule has 9 nitrogen and oxygen atoms in total. The van der Waals surface area contributed by atoms with Crippen LogP contribution >= 0.6 is 0 Å². The van der Waals surface area contributed by atoms with Gasteiger partial charge in [-0.05, 0) is 6.42 Å². The van der Waals surface area contributed by atoms with Gasteiger partial charge in [0.15, 0.2) is 0 Å². The van der Waals surface area contributed by atoms with Crippen molar-refractivity contribution in [3.8, 4) is 0 Å². The van der Waals surface area contributed by atoms with Gasteiger partial charge in [-0.25, -0.2) is 14.8 Å². The Morgan fingerprint density at radius 2 is 2.04 bits per heavy atom. The second-order valence-corrected chi connectivity index (χ2v) is 6.70. The summed E-state index contributed by atoms with van der Waals surface area (Å²) in [5.74, 6) is 1.23. The highest BCUT2D eigenvalue weighted by molar-refractivity contribution is 5.71.